The average Bonchev–Trinajstić information content (AvgIpc) is 2.77. The molecule has 35 heavy (non-hydrogen) atoms. The normalized spacial score (nSPS) is 31.2. The van der Waals surface area contributed by atoms with Gasteiger partial charge in [0.15, 0.2) is 0 Å². The molecule has 2 aliphatic rings. The molecule has 0 saturated heterocycles. The highest BCUT2D eigenvalue weighted by atomic mass is 32.2. The number of ether oxygens (including phenoxy) is 2. The molecule has 0 aromatic carbocycles. The van der Waals surface area contributed by atoms with Crippen LogP contribution in [0.25, 0.3) is 0 Å². The Hall–Kier alpha value is -1.23. The lowest BCUT2D eigenvalue weighted by molar-refractivity contribution is -0.171. The van der Waals surface area contributed by atoms with Crippen LogP contribution in [0.3, 0.4) is 0 Å². The van der Waals surface area contributed by atoms with E-state index in [1.807, 2.05) is 6.92 Å². The van der Waals surface area contributed by atoms with Crippen LogP contribution in [-0.4, -0.2) is 65.8 Å². The molecule has 0 heterocycles. The summed E-state index contributed by atoms with van der Waals surface area (Å²) >= 11 is 0. The standard InChI is InChI=1S/C25H44O9S/c1-6-25(3,4)24(29)34-21-14-19(35(30,31)32)11-16-8-7-15(2)20(23(16)21)10-9-17(26)12-18(27)13-22(28)33-5/h15-21,23,26-27H,6-14H2,1-5H3,(H,30,31,32)/t15-,16-,17+,18+,19-,20-,21-,23-/m0/s1. The van der Waals surface area contributed by atoms with Gasteiger partial charge in [-0.25, -0.2) is 0 Å². The second-order valence-corrected chi connectivity index (χ2v) is 12.9. The molecule has 9 nitrogen and oxygen atoms in total. The van der Waals surface area contributed by atoms with E-state index in [0.717, 1.165) is 12.8 Å². The molecular weight excluding hydrogens is 476 g/mol. The maximum Gasteiger partial charge on any atom is 0.311 e. The largest absolute Gasteiger partial charge is 0.469 e. The number of hydrogen-bond acceptors (Lipinski definition) is 8. The first kappa shape index (κ1) is 30.0. The summed E-state index contributed by atoms with van der Waals surface area (Å²) < 4.78 is 44.4. The Labute approximate surface area is 209 Å². The van der Waals surface area contributed by atoms with E-state index in [4.69, 9.17) is 4.74 Å². The van der Waals surface area contributed by atoms with E-state index < -0.39 is 45.1 Å². The zero-order valence-electron chi connectivity index (χ0n) is 21.7. The van der Waals surface area contributed by atoms with Crippen molar-refractivity contribution >= 4 is 22.1 Å². The lowest BCUT2D eigenvalue weighted by Gasteiger charge is -2.50. The van der Waals surface area contributed by atoms with E-state index in [-0.39, 0.29) is 48.9 Å². The molecule has 0 unspecified atom stereocenters. The number of aliphatic hydroxyl groups excluding tert-OH is 2. The van der Waals surface area contributed by atoms with Crippen LogP contribution in [0.1, 0.15) is 85.5 Å². The first-order chi connectivity index (χ1) is 16.2. The van der Waals surface area contributed by atoms with E-state index in [2.05, 4.69) is 11.7 Å². The predicted octanol–water partition coefficient (Wildman–Crippen LogP) is 3.12. The van der Waals surface area contributed by atoms with E-state index in [0.29, 0.717) is 25.7 Å². The van der Waals surface area contributed by atoms with Crippen molar-refractivity contribution in [2.75, 3.05) is 7.11 Å². The molecule has 2 aliphatic carbocycles. The molecule has 3 N–H and O–H groups in total. The van der Waals surface area contributed by atoms with E-state index in [9.17, 15) is 32.8 Å². The quantitative estimate of drug-likeness (QED) is 0.276. The zero-order chi connectivity index (χ0) is 26.6. The maximum absolute atomic E-state index is 12.9. The van der Waals surface area contributed by atoms with Gasteiger partial charge in [0.2, 0.25) is 0 Å². The first-order valence-corrected chi connectivity index (χ1v) is 14.3. The SMILES string of the molecule is CCC(C)(C)C(=O)O[C@H]1C[C@@H](S(=O)(=O)O)C[C@@H]2CC[C@H](C)[C@H](CC[C@@H](O)C[C@@H](O)CC(=O)OC)[C@H]21. The third-order valence-electron chi connectivity index (χ3n) is 8.38. The minimum atomic E-state index is -4.27. The molecule has 2 rings (SSSR count). The molecule has 0 bridgehead atoms. The molecule has 2 saturated carbocycles. The van der Waals surface area contributed by atoms with Gasteiger partial charge in [0.25, 0.3) is 10.1 Å². The Morgan fingerprint density at radius 3 is 2.34 bits per heavy atom. The fourth-order valence-electron chi connectivity index (χ4n) is 5.78. The molecule has 2 fully saturated rings. The lowest BCUT2D eigenvalue weighted by atomic mass is 9.59. The molecule has 0 spiro atoms. The molecule has 8 atom stereocenters. The Kier molecular flexibility index (Phi) is 10.6. The third-order valence-corrected chi connectivity index (χ3v) is 9.60. The summed E-state index contributed by atoms with van der Waals surface area (Å²) in [6.07, 6.45) is 1.11. The highest BCUT2D eigenvalue weighted by Crippen LogP contribution is 2.50. The fraction of sp³-hybridized carbons (Fsp3) is 0.920. The fourth-order valence-corrected chi connectivity index (χ4v) is 6.70. The summed E-state index contributed by atoms with van der Waals surface area (Å²) in [6, 6.07) is 0. The van der Waals surface area contributed by atoms with Gasteiger partial charge in [0.05, 0.1) is 36.4 Å². The summed E-state index contributed by atoms with van der Waals surface area (Å²) in [6.45, 7) is 7.62. The molecule has 0 aliphatic heterocycles. The summed E-state index contributed by atoms with van der Waals surface area (Å²) in [5, 5.41) is 19.6. The number of hydrogen-bond donors (Lipinski definition) is 3. The summed E-state index contributed by atoms with van der Waals surface area (Å²) in [7, 11) is -3.02. The maximum atomic E-state index is 12.9. The predicted molar refractivity (Wildman–Crippen MR) is 130 cm³/mol. The van der Waals surface area contributed by atoms with Crippen LogP contribution in [0.4, 0.5) is 0 Å². The number of aliphatic hydroxyl groups is 2. The molecular formula is C25H44O9S. The molecule has 204 valence electrons. The van der Waals surface area contributed by atoms with Crippen molar-refractivity contribution in [1.82, 2.24) is 0 Å². The van der Waals surface area contributed by atoms with Gasteiger partial charge in [-0.1, -0.05) is 20.3 Å². The van der Waals surface area contributed by atoms with Gasteiger partial charge < -0.3 is 19.7 Å². The molecule has 0 radical (unpaired) electrons. The van der Waals surface area contributed by atoms with Crippen molar-refractivity contribution in [2.24, 2.45) is 29.1 Å². The number of carbonyl (C=O) groups is 2. The van der Waals surface area contributed by atoms with Crippen LogP contribution in [0.5, 0.6) is 0 Å². The Balaban J connectivity index is 2.18. The highest BCUT2D eigenvalue weighted by Gasteiger charge is 2.50. The smallest absolute Gasteiger partial charge is 0.311 e. The molecule has 0 aromatic heterocycles. The van der Waals surface area contributed by atoms with Crippen LogP contribution >= 0.6 is 0 Å². The summed E-state index contributed by atoms with van der Waals surface area (Å²) in [4.78, 5) is 24.3. The third kappa shape index (κ3) is 8.13. The highest BCUT2D eigenvalue weighted by molar-refractivity contribution is 7.86. The second kappa shape index (κ2) is 12.3. The number of carbonyl (C=O) groups excluding carboxylic acids is 2. The average molecular weight is 521 g/mol. The molecule has 0 aromatic rings. The van der Waals surface area contributed by atoms with Crippen molar-refractivity contribution in [3.05, 3.63) is 0 Å². The number of esters is 2. The van der Waals surface area contributed by atoms with Crippen molar-refractivity contribution in [3.63, 3.8) is 0 Å². The van der Waals surface area contributed by atoms with E-state index in [1.54, 1.807) is 13.8 Å². The first-order valence-electron chi connectivity index (χ1n) is 12.8. The Morgan fingerprint density at radius 2 is 1.77 bits per heavy atom. The number of rotatable bonds is 11. The van der Waals surface area contributed by atoms with Crippen molar-refractivity contribution in [3.8, 4) is 0 Å². The molecule has 10 heteroatoms. The van der Waals surface area contributed by atoms with Gasteiger partial charge >= 0.3 is 11.9 Å². The van der Waals surface area contributed by atoms with Gasteiger partial charge in [-0.3, -0.25) is 14.1 Å². The number of fused-ring (bicyclic) bond motifs is 1. The van der Waals surface area contributed by atoms with Crippen LogP contribution in [-0.2, 0) is 29.2 Å². The molecule has 0 amide bonds. The topological polar surface area (TPSA) is 147 Å². The monoisotopic (exact) mass is 520 g/mol. The van der Waals surface area contributed by atoms with Crippen LogP contribution in [0.2, 0.25) is 0 Å². The summed E-state index contributed by atoms with van der Waals surface area (Å²) in [5.74, 6) is -0.620. The van der Waals surface area contributed by atoms with Gasteiger partial charge in [0, 0.05) is 12.3 Å². The van der Waals surface area contributed by atoms with E-state index >= 15 is 0 Å². The van der Waals surface area contributed by atoms with Gasteiger partial charge in [0.1, 0.15) is 6.10 Å². The lowest BCUT2D eigenvalue weighted by Crippen LogP contribution is -2.51. The van der Waals surface area contributed by atoms with Gasteiger partial charge in [-0.05, 0) is 70.1 Å². The van der Waals surface area contributed by atoms with Gasteiger partial charge in [-0.15, -0.1) is 0 Å². The Morgan fingerprint density at radius 1 is 1.11 bits per heavy atom. The van der Waals surface area contributed by atoms with Crippen LogP contribution in [0, 0.1) is 29.1 Å². The number of methoxy groups -OCH3 is 1. The Bertz CT molecular complexity index is 825. The summed E-state index contributed by atoms with van der Waals surface area (Å²) in [5.41, 5.74) is -0.706. The van der Waals surface area contributed by atoms with Crippen molar-refractivity contribution in [1.29, 1.82) is 0 Å². The minimum absolute atomic E-state index is 0.0125. The van der Waals surface area contributed by atoms with Crippen LogP contribution < -0.4 is 0 Å². The van der Waals surface area contributed by atoms with Crippen molar-refractivity contribution in [2.45, 2.75) is 109 Å². The van der Waals surface area contributed by atoms with Gasteiger partial charge in [-0.2, -0.15) is 8.42 Å². The van der Waals surface area contributed by atoms with Crippen LogP contribution in [0.15, 0.2) is 0 Å². The minimum Gasteiger partial charge on any atom is -0.469 e. The van der Waals surface area contributed by atoms with E-state index in [1.165, 1.54) is 7.11 Å². The zero-order valence-corrected chi connectivity index (χ0v) is 22.5. The van der Waals surface area contributed by atoms with Crippen molar-refractivity contribution < 1.29 is 42.2 Å². The second-order valence-electron chi connectivity index (χ2n) is 11.2.